The Bertz CT molecular complexity index is 386. The molecule has 1 fully saturated rings. The van der Waals surface area contributed by atoms with Gasteiger partial charge in [-0.2, -0.15) is 0 Å². The predicted octanol–water partition coefficient (Wildman–Crippen LogP) is 2.84. The summed E-state index contributed by atoms with van der Waals surface area (Å²) in [6.07, 6.45) is 2.81. The van der Waals surface area contributed by atoms with Crippen LogP contribution in [0, 0.1) is 11.7 Å². The van der Waals surface area contributed by atoms with Gasteiger partial charge in [0.2, 0.25) is 0 Å². The molecule has 2 rings (SSSR count). The number of aliphatic hydroxyl groups excluding tert-OH is 1. The minimum Gasteiger partial charge on any atom is -0.393 e. The van der Waals surface area contributed by atoms with E-state index < -0.39 is 0 Å². The molecule has 1 saturated carbocycles. The average molecular weight is 302 g/mol. The summed E-state index contributed by atoms with van der Waals surface area (Å²) in [7, 11) is 0. The summed E-state index contributed by atoms with van der Waals surface area (Å²) in [6.45, 7) is 1.65. The monoisotopic (exact) mass is 301 g/mol. The van der Waals surface area contributed by atoms with Crippen molar-refractivity contribution in [1.29, 1.82) is 0 Å². The summed E-state index contributed by atoms with van der Waals surface area (Å²) >= 11 is 3.35. The molecule has 2 atom stereocenters. The molecule has 0 bridgehead atoms. The van der Waals surface area contributed by atoms with Gasteiger partial charge >= 0.3 is 0 Å². The third kappa shape index (κ3) is 3.76. The molecule has 1 aliphatic carbocycles. The first kappa shape index (κ1) is 13.0. The number of nitrogens with one attached hydrogen (secondary N) is 1. The molecule has 2 unspecified atom stereocenters. The van der Waals surface area contributed by atoms with Gasteiger partial charge in [0.25, 0.3) is 0 Å². The maximum Gasteiger partial charge on any atom is 0.124 e. The highest BCUT2D eigenvalue weighted by Gasteiger charge is 2.22. The van der Waals surface area contributed by atoms with E-state index >= 15 is 0 Å². The molecule has 0 spiro atoms. The van der Waals surface area contributed by atoms with Crippen molar-refractivity contribution in [3.63, 3.8) is 0 Å². The van der Waals surface area contributed by atoms with Gasteiger partial charge < -0.3 is 10.4 Å². The van der Waals surface area contributed by atoms with Gasteiger partial charge in [-0.15, -0.1) is 0 Å². The van der Waals surface area contributed by atoms with Gasteiger partial charge in [-0.3, -0.25) is 0 Å². The third-order valence-corrected chi connectivity index (χ3v) is 4.02. The molecule has 94 valence electrons. The predicted molar refractivity (Wildman–Crippen MR) is 69.2 cm³/mol. The highest BCUT2D eigenvalue weighted by molar-refractivity contribution is 9.10. The molecule has 1 aromatic carbocycles. The Morgan fingerprint density at radius 2 is 2.24 bits per heavy atom. The van der Waals surface area contributed by atoms with Gasteiger partial charge in [-0.1, -0.05) is 22.0 Å². The van der Waals surface area contributed by atoms with Crippen LogP contribution in [0.5, 0.6) is 0 Å². The van der Waals surface area contributed by atoms with Crippen LogP contribution in [0.4, 0.5) is 4.39 Å². The lowest BCUT2D eigenvalue weighted by atomic mass is 10.1. The Balaban J connectivity index is 1.78. The van der Waals surface area contributed by atoms with Crippen LogP contribution in [-0.4, -0.2) is 17.8 Å². The van der Waals surface area contributed by atoms with E-state index in [1.807, 2.05) is 0 Å². The standard InChI is InChI=1S/C13H17BrFNO/c14-13-6-11(15)3-2-10(13)8-16-7-9-1-4-12(17)5-9/h2-3,6,9,12,16-17H,1,4-5,7-8H2. The second-order valence-corrected chi connectivity index (χ2v) is 5.55. The first-order chi connectivity index (χ1) is 8.15. The van der Waals surface area contributed by atoms with Crippen molar-refractivity contribution in [1.82, 2.24) is 5.32 Å². The molecule has 17 heavy (non-hydrogen) atoms. The Morgan fingerprint density at radius 1 is 1.41 bits per heavy atom. The second-order valence-electron chi connectivity index (χ2n) is 4.70. The molecule has 0 radical (unpaired) electrons. The fraction of sp³-hybridized carbons (Fsp3) is 0.538. The molecule has 0 aliphatic heterocycles. The molecule has 0 heterocycles. The number of halogens is 2. The molecular formula is C13H17BrFNO. The lowest BCUT2D eigenvalue weighted by molar-refractivity contribution is 0.177. The Labute approximate surface area is 109 Å². The Morgan fingerprint density at radius 3 is 2.88 bits per heavy atom. The van der Waals surface area contributed by atoms with E-state index in [0.29, 0.717) is 5.92 Å². The number of hydrogen-bond acceptors (Lipinski definition) is 2. The molecular weight excluding hydrogens is 285 g/mol. The summed E-state index contributed by atoms with van der Waals surface area (Å²) in [6, 6.07) is 4.74. The summed E-state index contributed by atoms with van der Waals surface area (Å²) < 4.78 is 13.7. The number of hydrogen-bond donors (Lipinski definition) is 2. The zero-order valence-corrected chi connectivity index (χ0v) is 11.2. The van der Waals surface area contributed by atoms with Crippen molar-refractivity contribution in [3.8, 4) is 0 Å². The van der Waals surface area contributed by atoms with E-state index in [4.69, 9.17) is 0 Å². The maximum atomic E-state index is 12.9. The van der Waals surface area contributed by atoms with Crippen molar-refractivity contribution in [2.45, 2.75) is 31.9 Å². The third-order valence-electron chi connectivity index (χ3n) is 3.28. The number of benzene rings is 1. The smallest absolute Gasteiger partial charge is 0.124 e. The van der Waals surface area contributed by atoms with E-state index in [0.717, 1.165) is 42.4 Å². The lowest BCUT2D eigenvalue weighted by Gasteiger charge is -2.11. The van der Waals surface area contributed by atoms with Crippen LogP contribution >= 0.6 is 15.9 Å². The quantitative estimate of drug-likeness (QED) is 0.896. The first-order valence-electron chi connectivity index (χ1n) is 5.98. The number of aliphatic hydroxyl groups is 1. The molecule has 0 saturated heterocycles. The van der Waals surface area contributed by atoms with Crippen LogP contribution in [0.3, 0.4) is 0 Å². The topological polar surface area (TPSA) is 32.3 Å². The summed E-state index contributed by atoms with van der Waals surface area (Å²) in [5, 5.41) is 12.8. The van der Waals surface area contributed by atoms with Gasteiger partial charge in [0.15, 0.2) is 0 Å². The largest absolute Gasteiger partial charge is 0.393 e. The van der Waals surface area contributed by atoms with E-state index in [1.54, 1.807) is 6.07 Å². The molecule has 2 N–H and O–H groups in total. The minimum absolute atomic E-state index is 0.112. The zero-order valence-electron chi connectivity index (χ0n) is 9.63. The number of rotatable bonds is 4. The van der Waals surface area contributed by atoms with Crippen molar-refractivity contribution in [3.05, 3.63) is 34.1 Å². The molecule has 0 amide bonds. The van der Waals surface area contributed by atoms with Crippen LogP contribution in [0.25, 0.3) is 0 Å². The zero-order chi connectivity index (χ0) is 12.3. The molecule has 0 aromatic heterocycles. The van der Waals surface area contributed by atoms with E-state index in [1.165, 1.54) is 12.1 Å². The first-order valence-corrected chi connectivity index (χ1v) is 6.77. The Kier molecular flexibility index (Phi) is 4.54. The summed E-state index contributed by atoms with van der Waals surface area (Å²) in [4.78, 5) is 0. The SMILES string of the molecule is OC1CCC(CNCc2ccc(F)cc2Br)C1. The van der Waals surface area contributed by atoms with Crippen LogP contribution in [0.15, 0.2) is 22.7 Å². The van der Waals surface area contributed by atoms with E-state index in [-0.39, 0.29) is 11.9 Å². The van der Waals surface area contributed by atoms with Gasteiger partial charge in [-0.25, -0.2) is 4.39 Å². The van der Waals surface area contributed by atoms with Crippen molar-refractivity contribution in [2.24, 2.45) is 5.92 Å². The van der Waals surface area contributed by atoms with Crippen molar-refractivity contribution < 1.29 is 9.50 Å². The normalized spacial score (nSPS) is 24.2. The van der Waals surface area contributed by atoms with Gasteiger partial charge in [0.1, 0.15) is 5.82 Å². The second kappa shape index (κ2) is 5.94. The van der Waals surface area contributed by atoms with Crippen LogP contribution in [0.2, 0.25) is 0 Å². The molecule has 4 heteroatoms. The summed E-state index contributed by atoms with van der Waals surface area (Å²) in [5.41, 5.74) is 1.06. The van der Waals surface area contributed by atoms with E-state index in [2.05, 4.69) is 21.2 Å². The van der Waals surface area contributed by atoms with Crippen LogP contribution in [0.1, 0.15) is 24.8 Å². The van der Waals surface area contributed by atoms with Crippen molar-refractivity contribution >= 4 is 15.9 Å². The Hall–Kier alpha value is -0.450. The van der Waals surface area contributed by atoms with E-state index in [9.17, 15) is 9.50 Å². The summed E-state index contributed by atoms with van der Waals surface area (Å²) in [5.74, 6) is 0.351. The fourth-order valence-electron chi connectivity index (χ4n) is 2.31. The highest BCUT2D eigenvalue weighted by atomic mass is 79.9. The lowest BCUT2D eigenvalue weighted by Crippen LogP contribution is -2.21. The van der Waals surface area contributed by atoms with Crippen LogP contribution < -0.4 is 5.32 Å². The molecule has 1 aliphatic rings. The van der Waals surface area contributed by atoms with Gasteiger partial charge in [0.05, 0.1) is 6.10 Å². The highest BCUT2D eigenvalue weighted by Crippen LogP contribution is 2.25. The van der Waals surface area contributed by atoms with Crippen molar-refractivity contribution in [2.75, 3.05) is 6.54 Å². The van der Waals surface area contributed by atoms with Gasteiger partial charge in [0, 0.05) is 11.0 Å². The van der Waals surface area contributed by atoms with Gasteiger partial charge in [-0.05, 0) is 49.4 Å². The fourth-order valence-corrected chi connectivity index (χ4v) is 2.80. The average Bonchev–Trinajstić information content (AvgIpc) is 2.68. The molecule has 1 aromatic rings. The van der Waals surface area contributed by atoms with Crippen LogP contribution in [-0.2, 0) is 6.54 Å². The minimum atomic E-state index is -0.223. The molecule has 2 nitrogen and oxygen atoms in total. The maximum absolute atomic E-state index is 12.9.